The van der Waals surface area contributed by atoms with Crippen molar-refractivity contribution in [2.75, 3.05) is 25.6 Å². The molecule has 2 heterocycles. The summed E-state index contributed by atoms with van der Waals surface area (Å²) in [6.45, 7) is 1.88. The second-order valence-corrected chi connectivity index (χ2v) is 11.0. The van der Waals surface area contributed by atoms with E-state index >= 15 is 0 Å². The summed E-state index contributed by atoms with van der Waals surface area (Å²) in [5.74, 6) is -0.991. The smallest absolute Gasteiger partial charge is 0.338 e. The third-order valence-corrected chi connectivity index (χ3v) is 7.93. The number of hydrogen-bond donors (Lipinski definition) is 0. The standard InChI is InChI=1S/C30H25BrFN3O3S/c1-4-38-29(37)25-26(19-8-6-5-7-9-19)33-30-35(27(25)20-11-13-21(32)14-12-20)28(36)24(39-30)17-18-10-15-23(34(2)3)22(31)16-18/h5-17,27H,4H2,1-3H3/b24-17-/t27-/m1/s1. The van der Waals surface area contributed by atoms with E-state index in [1.807, 2.05) is 73.6 Å². The minimum absolute atomic E-state index is 0.156. The van der Waals surface area contributed by atoms with Crippen LogP contribution < -0.4 is 19.8 Å². The van der Waals surface area contributed by atoms with E-state index in [-0.39, 0.29) is 17.7 Å². The van der Waals surface area contributed by atoms with Crippen LogP contribution in [-0.4, -0.2) is 31.2 Å². The van der Waals surface area contributed by atoms with Crippen LogP contribution in [0.1, 0.15) is 29.7 Å². The van der Waals surface area contributed by atoms with Gasteiger partial charge in [-0.3, -0.25) is 9.36 Å². The Morgan fingerprint density at radius 3 is 2.49 bits per heavy atom. The monoisotopic (exact) mass is 605 g/mol. The van der Waals surface area contributed by atoms with Crippen LogP contribution in [0.4, 0.5) is 10.1 Å². The van der Waals surface area contributed by atoms with Crippen molar-refractivity contribution in [2.45, 2.75) is 13.0 Å². The van der Waals surface area contributed by atoms with Crippen molar-refractivity contribution in [3.05, 3.63) is 125 Å². The number of esters is 1. The first kappa shape index (κ1) is 26.8. The Bertz CT molecular complexity index is 1760. The van der Waals surface area contributed by atoms with Crippen molar-refractivity contribution in [1.82, 2.24) is 4.57 Å². The van der Waals surface area contributed by atoms with Crippen molar-refractivity contribution in [1.29, 1.82) is 0 Å². The Labute approximate surface area is 237 Å². The number of aromatic nitrogens is 1. The lowest BCUT2D eigenvalue weighted by molar-refractivity contribution is -0.138. The van der Waals surface area contributed by atoms with Gasteiger partial charge in [0.2, 0.25) is 0 Å². The number of anilines is 1. The van der Waals surface area contributed by atoms with E-state index in [1.54, 1.807) is 19.1 Å². The molecule has 0 aliphatic carbocycles. The molecule has 3 aromatic carbocycles. The molecule has 0 amide bonds. The lowest BCUT2D eigenvalue weighted by atomic mass is 9.93. The molecule has 0 saturated carbocycles. The van der Waals surface area contributed by atoms with Crippen molar-refractivity contribution in [3.63, 3.8) is 0 Å². The van der Waals surface area contributed by atoms with E-state index in [9.17, 15) is 14.0 Å². The Morgan fingerprint density at radius 2 is 1.85 bits per heavy atom. The predicted octanol–water partition coefficient (Wildman–Crippen LogP) is 4.90. The number of ether oxygens (including phenoxy) is 1. The lowest BCUT2D eigenvalue weighted by Gasteiger charge is -2.25. The first-order valence-corrected chi connectivity index (χ1v) is 13.9. The van der Waals surface area contributed by atoms with Gasteiger partial charge in [-0.05, 0) is 64.3 Å². The second kappa shape index (κ2) is 11.1. The van der Waals surface area contributed by atoms with Gasteiger partial charge >= 0.3 is 5.97 Å². The Balaban J connectivity index is 1.79. The number of fused-ring (bicyclic) bond motifs is 1. The lowest BCUT2D eigenvalue weighted by Crippen LogP contribution is -2.40. The van der Waals surface area contributed by atoms with Crippen molar-refractivity contribution < 1.29 is 13.9 Å². The molecule has 1 aromatic heterocycles. The quantitative estimate of drug-likeness (QED) is 0.293. The zero-order valence-electron chi connectivity index (χ0n) is 21.5. The van der Waals surface area contributed by atoms with Gasteiger partial charge in [-0.2, -0.15) is 0 Å². The molecule has 1 aliphatic heterocycles. The minimum Gasteiger partial charge on any atom is -0.463 e. The third kappa shape index (κ3) is 5.24. The SMILES string of the molecule is CCOC(=O)C1=C(c2ccccc2)N=c2s/c(=C\c3ccc(N(C)C)c(Br)c3)c(=O)n2[C@@H]1c1ccc(F)cc1. The Hall–Kier alpha value is -3.82. The fourth-order valence-electron chi connectivity index (χ4n) is 4.53. The van der Waals surface area contributed by atoms with E-state index in [2.05, 4.69) is 15.9 Å². The van der Waals surface area contributed by atoms with Gasteiger partial charge in [0.25, 0.3) is 5.56 Å². The molecule has 0 spiro atoms. The average molecular weight is 607 g/mol. The Morgan fingerprint density at radius 1 is 1.13 bits per heavy atom. The molecule has 4 aromatic rings. The maximum atomic E-state index is 13.9. The zero-order chi connectivity index (χ0) is 27.7. The highest BCUT2D eigenvalue weighted by atomic mass is 79.9. The number of thiazole rings is 1. The van der Waals surface area contributed by atoms with E-state index in [1.165, 1.54) is 28.0 Å². The fourth-order valence-corrected chi connectivity index (χ4v) is 6.28. The number of benzene rings is 3. The molecule has 0 radical (unpaired) electrons. The van der Waals surface area contributed by atoms with Gasteiger partial charge in [0.05, 0.1) is 34.1 Å². The fraction of sp³-hybridized carbons (Fsp3) is 0.167. The molecule has 1 aliphatic rings. The van der Waals surface area contributed by atoms with Gasteiger partial charge in [0.1, 0.15) is 5.82 Å². The molecule has 9 heteroatoms. The Kier molecular flexibility index (Phi) is 7.63. The van der Waals surface area contributed by atoms with Gasteiger partial charge in [-0.1, -0.05) is 59.9 Å². The van der Waals surface area contributed by atoms with E-state index in [4.69, 9.17) is 9.73 Å². The molecule has 5 rings (SSSR count). The van der Waals surface area contributed by atoms with Gasteiger partial charge in [-0.25, -0.2) is 14.2 Å². The van der Waals surface area contributed by atoms with E-state index in [0.29, 0.717) is 26.2 Å². The summed E-state index contributed by atoms with van der Waals surface area (Å²) in [4.78, 5) is 34.6. The first-order valence-electron chi connectivity index (χ1n) is 12.3. The predicted molar refractivity (Wildman–Crippen MR) is 156 cm³/mol. The van der Waals surface area contributed by atoms with Crippen molar-refractivity contribution >= 4 is 50.7 Å². The molecule has 0 N–H and O–H groups in total. The van der Waals surface area contributed by atoms with Gasteiger partial charge < -0.3 is 9.64 Å². The van der Waals surface area contributed by atoms with Crippen LogP contribution in [-0.2, 0) is 9.53 Å². The number of hydrogen-bond acceptors (Lipinski definition) is 6. The molecule has 0 bridgehead atoms. The van der Waals surface area contributed by atoms with E-state index in [0.717, 1.165) is 15.7 Å². The highest BCUT2D eigenvalue weighted by Crippen LogP contribution is 2.35. The molecule has 6 nitrogen and oxygen atoms in total. The largest absolute Gasteiger partial charge is 0.463 e. The molecule has 0 saturated heterocycles. The van der Waals surface area contributed by atoms with Crippen LogP contribution in [0, 0.1) is 5.82 Å². The number of nitrogens with zero attached hydrogens (tertiary/aromatic N) is 3. The van der Waals surface area contributed by atoms with Crippen LogP contribution in [0.2, 0.25) is 0 Å². The molecule has 0 fully saturated rings. The molecule has 39 heavy (non-hydrogen) atoms. The minimum atomic E-state index is -0.846. The molecule has 198 valence electrons. The first-order chi connectivity index (χ1) is 18.8. The van der Waals surface area contributed by atoms with Crippen molar-refractivity contribution in [3.8, 4) is 0 Å². The summed E-state index contributed by atoms with van der Waals surface area (Å²) in [7, 11) is 3.91. The normalized spacial score (nSPS) is 15.1. The number of carbonyl (C=O) groups is 1. The average Bonchev–Trinajstić information content (AvgIpc) is 3.23. The summed E-state index contributed by atoms with van der Waals surface area (Å²) in [6, 6.07) is 20.1. The van der Waals surface area contributed by atoms with Gasteiger partial charge in [-0.15, -0.1) is 0 Å². The van der Waals surface area contributed by atoms with E-state index < -0.39 is 17.8 Å². The van der Waals surface area contributed by atoms with Gasteiger partial charge in [0.15, 0.2) is 4.80 Å². The summed E-state index contributed by atoms with van der Waals surface area (Å²) >= 11 is 4.85. The second-order valence-electron chi connectivity index (χ2n) is 9.09. The topological polar surface area (TPSA) is 63.9 Å². The van der Waals surface area contributed by atoms with Crippen LogP contribution in [0.25, 0.3) is 11.8 Å². The molecular formula is C30H25BrFN3O3S. The number of rotatable bonds is 6. The number of halogens is 2. The summed E-state index contributed by atoms with van der Waals surface area (Å²) in [5, 5.41) is 0. The summed E-state index contributed by atoms with van der Waals surface area (Å²) < 4.78 is 22.2. The highest BCUT2D eigenvalue weighted by Gasteiger charge is 2.35. The van der Waals surface area contributed by atoms with Crippen LogP contribution >= 0.6 is 27.3 Å². The van der Waals surface area contributed by atoms with Crippen molar-refractivity contribution in [2.24, 2.45) is 4.99 Å². The third-order valence-electron chi connectivity index (χ3n) is 6.31. The summed E-state index contributed by atoms with van der Waals surface area (Å²) in [6.07, 6.45) is 1.81. The molecular weight excluding hydrogens is 581 g/mol. The number of carbonyl (C=O) groups excluding carboxylic acids is 1. The summed E-state index contributed by atoms with van der Waals surface area (Å²) in [5.41, 5.74) is 3.50. The molecule has 0 unspecified atom stereocenters. The maximum Gasteiger partial charge on any atom is 0.338 e. The van der Waals surface area contributed by atoms with Gasteiger partial charge in [0, 0.05) is 24.1 Å². The zero-order valence-corrected chi connectivity index (χ0v) is 23.9. The van der Waals surface area contributed by atoms with Crippen LogP contribution in [0.5, 0.6) is 0 Å². The maximum absolute atomic E-state index is 13.9. The highest BCUT2D eigenvalue weighted by molar-refractivity contribution is 9.10. The van der Waals surface area contributed by atoms with Crippen LogP contribution in [0.3, 0.4) is 0 Å². The van der Waals surface area contributed by atoms with Crippen LogP contribution in [0.15, 0.2) is 92.6 Å². The molecule has 1 atom stereocenters.